The standard InChI is InChI=1S/C14H16N4O/c19-10-12-4-2-6-18(12)14-9-16-8-13(17-14)11-3-1-5-15-7-11/h1,3,5,7-9,12,19H,2,4,6,10H2. The van der Waals surface area contributed by atoms with Crippen molar-refractivity contribution in [1.82, 2.24) is 15.0 Å². The van der Waals surface area contributed by atoms with E-state index in [1.807, 2.05) is 12.1 Å². The smallest absolute Gasteiger partial charge is 0.148 e. The summed E-state index contributed by atoms with van der Waals surface area (Å²) in [6, 6.07) is 4.02. The third-order valence-electron chi connectivity index (χ3n) is 3.46. The fourth-order valence-electron chi connectivity index (χ4n) is 2.47. The van der Waals surface area contributed by atoms with Gasteiger partial charge in [0, 0.05) is 24.5 Å². The van der Waals surface area contributed by atoms with E-state index in [0.717, 1.165) is 36.5 Å². The van der Waals surface area contributed by atoms with Gasteiger partial charge in [-0.2, -0.15) is 0 Å². The molecule has 0 saturated carbocycles. The molecule has 1 saturated heterocycles. The topological polar surface area (TPSA) is 62.1 Å². The van der Waals surface area contributed by atoms with Crippen LogP contribution in [0, 0.1) is 0 Å². The predicted octanol–water partition coefficient (Wildman–Crippen LogP) is 1.50. The second-order valence-electron chi connectivity index (χ2n) is 4.68. The van der Waals surface area contributed by atoms with Crippen molar-refractivity contribution in [3.8, 4) is 11.3 Å². The van der Waals surface area contributed by atoms with Crippen LogP contribution < -0.4 is 4.90 Å². The second kappa shape index (κ2) is 5.32. The van der Waals surface area contributed by atoms with E-state index in [9.17, 15) is 5.11 Å². The van der Waals surface area contributed by atoms with Gasteiger partial charge in [0.25, 0.3) is 0 Å². The molecule has 1 unspecified atom stereocenters. The summed E-state index contributed by atoms with van der Waals surface area (Å²) in [4.78, 5) is 15.1. The number of aliphatic hydroxyl groups excluding tert-OH is 1. The molecule has 5 heteroatoms. The molecule has 2 aromatic rings. The van der Waals surface area contributed by atoms with Gasteiger partial charge in [-0.1, -0.05) is 0 Å². The minimum atomic E-state index is 0.165. The van der Waals surface area contributed by atoms with Gasteiger partial charge in [-0.3, -0.25) is 9.97 Å². The van der Waals surface area contributed by atoms with E-state index in [4.69, 9.17) is 0 Å². The summed E-state index contributed by atoms with van der Waals surface area (Å²) in [6.45, 7) is 1.09. The summed E-state index contributed by atoms with van der Waals surface area (Å²) in [5.41, 5.74) is 1.77. The molecule has 1 aliphatic heterocycles. The van der Waals surface area contributed by atoms with Crippen molar-refractivity contribution in [1.29, 1.82) is 0 Å². The number of pyridine rings is 1. The number of hydrogen-bond acceptors (Lipinski definition) is 5. The first kappa shape index (κ1) is 12.0. The first-order chi connectivity index (χ1) is 9.38. The maximum Gasteiger partial charge on any atom is 0.148 e. The van der Waals surface area contributed by atoms with E-state index in [0.29, 0.717) is 0 Å². The van der Waals surface area contributed by atoms with E-state index >= 15 is 0 Å². The van der Waals surface area contributed by atoms with Crippen LogP contribution in [0.2, 0.25) is 0 Å². The SMILES string of the molecule is OCC1CCCN1c1cncc(-c2cccnc2)n1. The van der Waals surface area contributed by atoms with Gasteiger partial charge in [0.1, 0.15) is 5.82 Å². The molecular weight excluding hydrogens is 240 g/mol. The molecule has 1 atom stereocenters. The van der Waals surface area contributed by atoms with Crippen molar-refractivity contribution < 1.29 is 5.11 Å². The number of aliphatic hydroxyl groups is 1. The summed E-state index contributed by atoms with van der Waals surface area (Å²) < 4.78 is 0. The maximum absolute atomic E-state index is 9.38. The third kappa shape index (κ3) is 2.42. The lowest BCUT2D eigenvalue weighted by atomic mass is 10.2. The van der Waals surface area contributed by atoms with Crippen molar-refractivity contribution in [2.75, 3.05) is 18.1 Å². The normalized spacial score (nSPS) is 18.8. The van der Waals surface area contributed by atoms with Gasteiger partial charge in [0.05, 0.1) is 30.7 Å². The molecule has 1 N–H and O–H groups in total. The number of anilines is 1. The zero-order chi connectivity index (χ0) is 13.1. The zero-order valence-electron chi connectivity index (χ0n) is 10.6. The Morgan fingerprint density at radius 3 is 3.00 bits per heavy atom. The molecule has 0 aromatic carbocycles. The summed E-state index contributed by atoms with van der Waals surface area (Å²) >= 11 is 0. The van der Waals surface area contributed by atoms with E-state index in [2.05, 4.69) is 19.9 Å². The number of nitrogens with zero attached hydrogens (tertiary/aromatic N) is 4. The van der Waals surface area contributed by atoms with E-state index in [1.165, 1.54) is 0 Å². The Balaban J connectivity index is 1.92. The fraction of sp³-hybridized carbons (Fsp3) is 0.357. The monoisotopic (exact) mass is 256 g/mol. The third-order valence-corrected chi connectivity index (χ3v) is 3.46. The molecule has 0 amide bonds. The number of aromatic nitrogens is 3. The Hall–Kier alpha value is -2.01. The van der Waals surface area contributed by atoms with Crippen molar-refractivity contribution in [2.45, 2.75) is 18.9 Å². The molecule has 0 radical (unpaired) electrons. The van der Waals surface area contributed by atoms with Crippen LogP contribution in [0.1, 0.15) is 12.8 Å². The first-order valence-corrected chi connectivity index (χ1v) is 6.48. The van der Waals surface area contributed by atoms with Gasteiger partial charge in [0.2, 0.25) is 0 Å². The van der Waals surface area contributed by atoms with Gasteiger partial charge in [-0.05, 0) is 25.0 Å². The van der Waals surface area contributed by atoms with Crippen LogP contribution in [0.25, 0.3) is 11.3 Å². The molecule has 0 aliphatic carbocycles. The van der Waals surface area contributed by atoms with Crippen LogP contribution >= 0.6 is 0 Å². The molecule has 1 aliphatic rings. The van der Waals surface area contributed by atoms with Gasteiger partial charge >= 0.3 is 0 Å². The first-order valence-electron chi connectivity index (χ1n) is 6.48. The fourth-order valence-corrected chi connectivity index (χ4v) is 2.47. The molecular formula is C14H16N4O. The predicted molar refractivity (Wildman–Crippen MR) is 72.7 cm³/mol. The highest BCUT2D eigenvalue weighted by Crippen LogP contribution is 2.25. The van der Waals surface area contributed by atoms with Crippen LogP contribution in [0.5, 0.6) is 0 Å². The molecule has 98 valence electrons. The van der Waals surface area contributed by atoms with Crippen molar-refractivity contribution in [2.24, 2.45) is 0 Å². The van der Waals surface area contributed by atoms with Crippen molar-refractivity contribution >= 4 is 5.82 Å². The Bertz CT molecular complexity index is 546. The van der Waals surface area contributed by atoms with Crippen molar-refractivity contribution in [3.63, 3.8) is 0 Å². The van der Waals surface area contributed by atoms with Crippen LogP contribution in [0.3, 0.4) is 0 Å². The van der Waals surface area contributed by atoms with E-state index < -0.39 is 0 Å². The Kier molecular flexibility index (Phi) is 3.37. The number of rotatable bonds is 3. The lowest BCUT2D eigenvalue weighted by Crippen LogP contribution is -2.32. The minimum Gasteiger partial charge on any atom is -0.394 e. The second-order valence-corrected chi connectivity index (χ2v) is 4.68. The Morgan fingerprint density at radius 1 is 1.26 bits per heavy atom. The minimum absolute atomic E-state index is 0.165. The highest BCUT2D eigenvalue weighted by molar-refractivity contribution is 5.59. The average molecular weight is 256 g/mol. The Labute approximate surface area is 112 Å². The van der Waals surface area contributed by atoms with Crippen molar-refractivity contribution in [3.05, 3.63) is 36.9 Å². The molecule has 3 heterocycles. The van der Waals surface area contributed by atoms with Crippen LogP contribution in [-0.4, -0.2) is 39.3 Å². The summed E-state index contributed by atoms with van der Waals surface area (Å²) in [6.07, 6.45) is 9.11. The lowest BCUT2D eigenvalue weighted by Gasteiger charge is -2.23. The van der Waals surface area contributed by atoms with Gasteiger partial charge in [-0.15, -0.1) is 0 Å². The van der Waals surface area contributed by atoms with E-state index in [-0.39, 0.29) is 12.6 Å². The maximum atomic E-state index is 9.38. The van der Waals surface area contributed by atoms with Gasteiger partial charge < -0.3 is 10.0 Å². The summed E-state index contributed by atoms with van der Waals surface area (Å²) in [7, 11) is 0. The van der Waals surface area contributed by atoms with E-state index in [1.54, 1.807) is 24.8 Å². The molecule has 1 fully saturated rings. The van der Waals surface area contributed by atoms with Gasteiger partial charge in [0.15, 0.2) is 0 Å². The molecule has 19 heavy (non-hydrogen) atoms. The molecule has 0 spiro atoms. The highest BCUT2D eigenvalue weighted by Gasteiger charge is 2.25. The molecule has 3 rings (SSSR count). The lowest BCUT2D eigenvalue weighted by molar-refractivity contribution is 0.266. The number of hydrogen-bond donors (Lipinski definition) is 1. The Morgan fingerprint density at radius 2 is 2.21 bits per heavy atom. The van der Waals surface area contributed by atoms with Crippen LogP contribution in [-0.2, 0) is 0 Å². The summed E-state index contributed by atoms with van der Waals surface area (Å²) in [5.74, 6) is 0.831. The average Bonchev–Trinajstić information content (AvgIpc) is 2.97. The quantitative estimate of drug-likeness (QED) is 0.901. The largest absolute Gasteiger partial charge is 0.394 e. The summed E-state index contributed by atoms with van der Waals surface area (Å²) in [5, 5.41) is 9.38. The molecule has 2 aromatic heterocycles. The highest BCUT2D eigenvalue weighted by atomic mass is 16.3. The van der Waals surface area contributed by atoms with Gasteiger partial charge in [-0.25, -0.2) is 4.98 Å². The molecule has 0 bridgehead atoms. The molecule has 5 nitrogen and oxygen atoms in total. The van der Waals surface area contributed by atoms with Crippen LogP contribution in [0.4, 0.5) is 5.82 Å². The zero-order valence-corrected chi connectivity index (χ0v) is 10.6. The van der Waals surface area contributed by atoms with Crippen LogP contribution in [0.15, 0.2) is 36.9 Å².